The van der Waals surface area contributed by atoms with E-state index in [0.717, 1.165) is 24.8 Å². The van der Waals surface area contributed by atoms with Crippen molar-refractivity contribution in [2.24, 2.45) is 0 Å². The Bertz CT molecular complexity index is 1120. The van der Waals surface area contributed by atoms with Crippen LogP contribution in [0.4, 0.5) is 0 Å². The molecule has 0 radical (unpaired) electrons. The van der Waals surface area contributed by atoms with E-state index in [1.807, 2.05) is 24.3 Å². The largest absolute Gasteiger partial charge is 0.352 e. The highest BCUT2D eigenvalue weighted by atomic mass is 35.5. The van der Waals surface area contributed by atoms with Crippen molar-refractivity contribution in [2.75, 3.05) is 6.54 Å². The maximum atomic E-state index is 12.7. The van der Waals surface area contributed by atoms with Gasteiger partial charge in [0.1, 0.15) is 0 Å². The molecule has 1 heterocycles. The number of hydrogen-bond donors (Lipinski definition) is 2. The highest BCUT2D eigenvalue weighted by molar-refractivity contribution is 7.71. The molecule has 3 aromatic rings. The zero-order valence-corrected chi connectivity index (χ0v) is 17.9. The third-order valence-electron chi connectivity index (χ3n) is 4.84. The Morgan fingerprint density at radius 1 is 1.17 bits per heavy atom. The Morgan fingerprint density at radius 3 is 2.66 bits per heavy atom. The van der Waals surface area contributed by atoms with Crippen LogP contribution < -0.4 is 10.9 Å². The summed E-state index contributed by atoms with van der Waals surface area (Å²) in [5.74, 6) is -0.188. The molecule has 29 heavy (non-hydrogen) atoms. The SMILES string of the molecule is CCCCCn1c(=S)[nH]c2cc(C(=O)NCCc3ccc(Cl)cc3)ccc2c1=O. The van der Waals surface area contributed by atoms with Crippen molar-refractivity contribution in [1.82, 2.24) is 14.9 Å². The lowest BCUT2D eigenvalue weighted by Crippen LogP contribution is -2.26. The summed E-state index contributed by atoms with van der Waals surface area (Å²) in [5, 5.41) is 4.13. The summed E-state index contributed by atoms with van der Waals surface area (Å²) in [6.45, 7) is 3.23. The molecule has 0 aliphatic rings. The summed E-state index contributed by atoms with van der Waals surface area (Å²) in [7, 11) is 0. The first-order valence-corrected chi connectivity index (χ1v) is 10.6. The number of fused-ring (bicyclic) bond motifs is 1. The third kappa shape index (κ3) is 5.34. The van der Waals surface area contributed by atoms with E-state index in [-0.39, 0.29) is 11.5 Å². The number of H-pyrrole nitrogens is 1. The smallest absolute Gasteiger partial charge is 0.262 e. The van der Waals surface area contributed by atoms with Gasteiger partial charge in [0, 0.05) is 23.7 Å². The quantitative estimate of drug-likeness (QED) is 0.396. The number of nitrogens with zero attached hydrogens (tertiary/aromatic N) is 1. The minimum Gasteiger partial charge on any atom is -0.352 e. The lowest BCUT2D eigenvalue weighted by molar-refractivity contribution is 0.0954. The number of carbonyl (C=O) groups excluding carboxylic acids is 1. The number of halogens is 1. The Morgan fingerprint density at radius 2 is 1.93 bits per heavy atom. The fraction of sp³-hybridized carbons (Fsp3) is 0.318. The molecule has 0 spiro atoms. The lowest BCUT2D eigenvalue weighted by Gasteiger charge is -2.09. The van der Waals surface area contributed by atoms with Crippen molar-refractivity contribution in [3.05, 3.63) is 73.7 Å². The van der Waals surface area contributed by atoms with Gasteiger partial charge in [-0.2, -0.15) is 0 Å². The van der Waals surface area contributed by atoms with E-state index in [2.05, 4.69) is 17.2 Å². The van der Waals surface area contributed by atoms with Gasteiger partial charge in [-0.15, -0.1) is 0 Å². The highest BCUT2D eigenvalue weighted by Crippen LogP contribution is 2.12. The maximum absolute atomic E-state index is 12.7. The van der Waals surface area contributed by atoms with Crippen molar-refractivity contribution >= 4 is 40.6 Å². The van der Waals surface area contributed by atoms with Crippen LogP contribution in [0.15, 0.2) is 47.3 Å². The standard InChI is InChI=1S/C22H24ClN3O2S/c1-2-3-4-13-26-21(28)18-10-7-16(14-19(18)25-22(26)29)20(27)24-12-11-15-5-8-17(23)9-6-15/h5-10,14H,2-4,11-13H2,1H3,(H,24,27)(H,25,29). The topological polar surface area (TPSA) is 66.9 Å². The van der Waals surface area contributed by atoms with Gasteiger partial charge in [0.25, 0.3) is 11.5 Å². The molecule has 1 amide bonds. The summed E-state index contributed by atoms with van der Waals surface area (Å²) < 4.78 is 1.98. The van der Waals surface area contributed by atoms with Gasteiger partial charge in [-0.1, -0.05) is 43.5 Å². The number of amides is 1. The van der Waals surface area contributed by atoms with Gasteiger partial charge in [0.05, 0.1) is 10.9 Å². The summed E-state index contributed by atoms with van der Waals surface area (Å²) in [4.78, 5) is 28.3. The van der Waals surface area contributed by atoms with Crippen LogP contribution in [0.2, 0.25) is 5.02 Å². The van der Waals surface area contributed by atoms with E-state index in [1.165, 1.54) is 0 Å². The van der Waals surface area contributed by atoms with Gasteiger partial charge < -0.3 is 10.3 Å². The molecule has 0 bridgehead atoms. The molecule has 7 heteroatoms. The zero-order valence-electron chi connectivity index (χ0n) is 16.3. The Kier molecular flexibility index (Phi) is 7.23. The van der Waals surface area contributed by atoms with Crippen molar-refractivity contribution in [1.29, 1.82) is 0 Å². The Hall–Kier alpha value is -2.44. The van der Waals surface area contributed by atoms with Crippen LogP contribution in [-0.2, 0) is 13.0 Å². The van der Waals surface area contributed by atoms with Crippen molar-refractivity contribution in [3.63, 3.8) is 0 Å². The molecule has 2 aromatic carbocycles. The minimum atomic E-state index is -0.188. The molecule has 2 N–H and O–H groups in total. The molecule has 0 fully saturated rings. The van der Waals surface area contributed by atoms with Gasteiger partial charge in [-0.05, 0) is 61.0 Å². The molecule has 0 aliphatic heterocycles. The summed E-state index contributed by atoms with van der Waals surface area (Å²) >= 11 is 11.2. The second-order valence-electron chi connectivity index (χ2n) is 6.99. The minimum absolute atomic E-state index is 0.116. The maximum Gasteiger partial charge on any atom is 0.262 e. The second kappa shape index (κ2) is 9.85. The molecule has 152 valence electrons. The van der Waals surface area contributed by atoms with Crippen LogP contribution in [-0.4, -0.2) is 22.0 Å². The number of hydrogen-bond acceptors (Lipinski definition) is 3. The van der Waals surface area contributed by atoms with Gasteiger partial charge in [0.2, 0.25) is 0 Å². The molecule has 0 saturated heterocycles. The average molecular weight is 430 g/mol. The van der Waals surface area contributed by atoms with Gasteiger partial charge in [-0.25, -0.2) is 0 Å². The fourth-order valence-electron chi connectivity index (χ4n) is 3.19. The van der Waals surface area contributed by atoms with E-state index in [4.69, 9.17) is 23.8 Å². The van der Waals surface area contributed by atoms with Gasteiger partial charge in [-0.3, -0.25) is 14.2 Å². The first-order chi connectivity index (χ1) is 14.0. The number of carbonyl (C=O) groups is 1. The Labute approximate surface area is 179 Å². The van der Waals surface area contributed by atoms with Crippen LogP contribution in [0.5, 0.6) is 0 Å². The molecule has 1 aromatic heterocycles. The van der Waals surface area contributed by atoms with Crippen LogP contribution in [0.3, 0.4) is 0 Å². The monoisotopic (exact) mass is 429 g/mol. The zero-order chi connectivity index (χ0) is 20.8. The van der Waals surface area contributed by atoms with E-state index < -0.39 is 0 Å². The molecular weight excluding hydrogens is 406 g/mol. The van der Waals surface area contributed by atoms with Gasteiger partial charge >= 0.3 is 0 Å². The molecular formula is C22H24ClN3O2S. The molecule has 3 rings (SSSR count). The van der Waals surface area contributed by atoms with Crippen molar-refractivity contribution < 1.29 is 4.79 Å². The average Bonchev–Trinajstić information content (AvgIpc) is 2.71. The molecule has 0 saturated carbocycles. The number of aromatic nitrogens is 2. The number of rotatable bonds is 8. The molecule has 0 atom stereocenters. The fourth-order valence-corrected chi connectivity index (χ4v) is 3.60. The first-order valence-electron chi connectivity index (χ1n) is 9.79. The molecule has 5 nitrogen and oxygen atoms in total. The first kappa shape index (κ1) is 21.3. The van der Waals surface area contributed by atoms with Gasteiger partial charge in [0.15, 0.2) is 4.77 Å². The number of nitrogens with one attached hydrogen (secondary N) is 2. The van der Waals surface area contributed by atoms with Crippen molar-refractivity contribution in [2.45, 2.75) is 39.2 Å². The molecule has 0 unspecified atom stereocenters. The van der Waals surface area contributed by atoms with E-state index in [1.54, 1.807) is 22.8 Å². The second-order valence-corrected chi connectivity index (χ2v) is 7.81. The molecule has 0 aliphatic carbocycles. The number of unbranched alkanes of at least 4 members (excludes halogenated alkanes) is 2. The highest BCUT2D eigenvalue weighted by Gasteiger charge is 2.10. The van der Waals surface area contributed by atoms with Crippen molar-refractivity contribution in [3.8, 4) is 0 Å². The van der Waals surface area contributed by atoms with E-state index in [9.17, 15) is 9.59 Å². The lowest BCUT2D eigenvalue weighted by atomic mass is 10.1. The van der Waals surface area contributed by atoms with Crippen LogP contribution in [0.25, 0.3) is 10.9 Å². The third-order valence-corrected chi connectivity index (χ3v) is 5.42. The predicted molar refractivity (Wildman–Crippen MR) is 120 cm³/mol. The van der Waals surface area contributed by atoms with Crippen LogP contribution in [0, 0.1) is 4.77 Å². The van der Waals surface area contributed by atoms with Crippen LogP contribution in [0.1, 0.15) is 42.1 Å². The summed E-state index contributed by atoms with van der Waals surface area (Å²) in [6, 6.07) is 12.6. The van der Waals surface area contributed by atoms with Crippen LogP contribution >= 0.6 is 23.8 Å². The summed E-state index contributed by atoms with van der Waals surface area (Å²) in [6.07, 6.45) is 3.75. The Balaban J connectivity index is 1.72. The number of benzene rings is 2. The predicted octanol–water partition coefficient (Wildman–Crippen LogP) is 4.88. The normalized spacial score (nSPS) is 11.0. The van der Waals surface area contributed by atoms with E-state index >= 15 is 0 Å². The van der Waals surface area contributed by atoms with E-state index in [0.29, 0.717) is 45.8 Å². The number of aromatic amines is 1. The summed E-state index contributed by atoms with van der Waals surface area (Å²) in [5.41, 5.74) is 2.05.